The second kappa shape index (κ2) is 7.98. The van der Waals surface area contributed by atoms with E-state index in [4.69, 9.17) is 18.0 Å². The second-order valence-electron chi connectivity index (χ2n) is 5.68. The average molecular weight is 307 g/mol. The van der Waals surface area contributed by atoms with Crippen LogP contribution in [0.5, 0.6) is 0 Å². The maximum absolute atomic E-state index is 12.2. The first-order valence-corrected chi connectivity index (χ1v) is 7.64. The molecule has 21 heavy (non-hydrogen) atoms. The fourth-order valence-corrected chi connectivity index (χ4v) is 2.04. The normalized spacial score (nSPS) is 12.0. The summed E-state index contributed by atoms with van der Waals surface area (Å²) in [7, 11) is 1.89. The predicted octanol–water partition coefficient (Wildman–Crippen LogP) is 2.31. The molecule has 0 saturated carbocycles. The van der Waals surface area contributed by atoms with E-state index in [1.165, 1.54) is 0 Å². The number of rotatable bonds is 7. The molecule has 0 spiro atoms. The number of hydrogen-bond acceptors (Lipinski definition) is 3. The number of likely N-dealkylation sites (N-methyl/N-ethyl adjacent to an activating group) is 1. The van der Waals surface area contributed by atoms with Crippen LogP contribution in [0, 0.1) is 5.92 Å². The number of nitrogens with one attached hydrogen (secondary N) is 1. The minimum atomic E-state index is -0.251. The van der Waals surface area contributed by atoms with Crippen LogP contribution in [0.1, 0.15) is 32.8 Å². The summed E-state index contributed by atoms with van der Waals surface area (Å²) in [5.41, 5.74) is 7.38. The van der Waals surface area contributed by atoms with Crippen LogP contribution in [0.2, 0.25) is 0 Å². The Balaban J connectivity index is 2.68. The zero-order chi connectivity index (χ0) is 16.0. The number of hydrogen-bond donors (Lipinski definition) is 2. The minimum absolute atomic E-state index is 0.0267. The van der Waals surface area contributed by atoms with Crippen molar-refractivity contribution in [2.24, 2.45) is 11.7 Å². The SMILES string of the molecule is CC(C)CCNC(=O)C(C)N(C)c1cccc(C(N)=S)c1. The lowest BCUT2D eigenvalue weighted by atomic mass is 10.1. The third kappa shape index (κ3) is 5.34. The van der Waals surface area contributed by atoms with Crippen LogP contribution < -0.4 is 16.0 Å². The molecule has 5 heteroatoms. The van der Waals surface area contributed by atoms with Gasteiger partial charge in [0.15, 0.2) is 0 Å². The molecule has 1 atom stereocenters. The van der Waals surface area contributed by atoms with Crippen molar-refractivity contribution < 1.29 is 4.79 Å². The summed E-state index contributed by atoms with van der Waals surface area (Å²) < 4.78 is 0. The maximum Gasteiger partial charge on any atom is 0.242 e. The van der Waals surface area contributed by atoms with Gasteiger partial charge >= 0.3 is 0 Å². The summed E-state index contributed by atoms with van der Waals surface area (Å²) in [5.74, 6) is 0.611. The van der Waals surface area contributed by atoms with Crippen molar-refractivity contribution in [1.29, 1.82) is 0 Å². The summed E-state index contributed by atoms with van der Waals surface area (Å²) in [6, 6.07) is 7.36. The highest BCUT2D eigenvalue weighted by Gasteiger charge is 2.18. The Morgan fingerprint density at radius 3 is 2.62 bits per heavy atom. The van der Waals surface area contributed by atoms with Crippen LogP contribution in [-0.4, -0.2) is 30.5 Å². The third-order valence-corrected chi connectivity index (χ3v) is 3.75. The molecule has 0 saturated heterocycles. The Bertz CT molecular complexity index is 502. The molecule has 0 fully saturated rings. The average Bonchev–Trinajstić information content (AvgIpc) is 2.45. The predicted molar refractivity (Wildman–Crippen MR) is 92.7 cm³/mol. The third-order valence-electron chi connectivity index (χ3n) is 3.52. The van der Waals surface area contributed by atoms with Crippen LogP contribution in [0.15, 0.2) is 24.3 Å². The van der Waals surface area contributed by atoms with Gasteiger partial charge < -0.3 is 16.0 Å². The Morgan fingerprint density at radius 1 is 1.38 bits per heavy atom. The van der Waals surface area contributed by atoms with E-state index in [-0.39, 0.29) is 11.9 Å². The number of nitrogens with zero attached hydrogens (tertiary/aromatic N) is 1. The molecule has 4 nitrogen and oxygen atoms in total. The Kier molecular flexibility index (Phi) is 6.62. The van der Waals surface area contributed by atoms with Crippen molar-refractivity contribution in [3.63, 3.8) is 0 Å². The second-order valence-corrected chi connectivity index (χ2v) is 6.11. The summed E-state index contributed by atoms with van der Waals surface area (Å²) >= 11 is 4.99. The quantitative estimate of drug-likeness (QED) is 0.759. The number of amides is 1. The van der Waals surface area contributed by atoms with E-state index in [1.54, 1.807) is 0 Å². The van der Waals surface area contributed by atoms with Gasteiger partial charge in [-0.05, 0) is 31.4 Å². The number of carbonyl (C=O) groups is 1. The first-order valence-electron chi connectivity index (χ1n) is 7.23. The molecular weight excluding hydrogens is 282 g/mol. The molecule has 1 aromatic rings. The van der Waals surface area contributed by atoms with Crippen LogP contribution >= 0.6 is 12.2 Å². The van der Waals surface area contributed by atoms with E-state index in [9.17, 15) is 4.79 Å². The van der Waals surface area contributed by atoms with Gasteiger partial charge in [-0.3, -0.25) is 4.79 Å². The molecule has 0 heterocycles. The summed E-state index contributed by atoms with van der Waals surface area (Å²) in [6.45, 7) is 6.88. The molecule has 0 aliphatic rings. The Labute approximate surface area is 132 Å². The van der Waals surface area contributed by atoms with Gasteiger partial charge in [0.05, 0.1) is 0 Å². The van der Waals surface area contributed by atoms with Crippen molar-refractivity contribution in [2.45, 2.75) is 33.2 Å². The highest BCUT2D eigenvalue weighted by Crippen LogP contribution is 2.17. The highest BCUT2D eigenvalue weighted by molar-refractivity contribution is 7.80. The van der Waals surface area contributed by atoms with Crippen molar-refractivity contribution in [2.75, 3.05) is 18.5 Å². The first kappa shape index (κ1) is 17.4. The number of nitrogens with two attached hydrogens (primary N) is 1. The monoisotopic (exact) mass is 307 g/mol. The van der Waals surface area contributed by atoms with E-state index >= 15 is 0 Å². The molecule has 0 aliphatic heterocycles. The van der Waals surface area contributed by atoms with Crippen molar-refractivity contribution in [3.8, 4) is 0 Å². The van der Waals surface area contributed by atoms with Crippen molar-refractivity contribution in [1.82, 2.24) is 5.32 Å². The molecule has 1 aromatic carbocycles. The molecule has 1 unspecified atom stereocenters. The minimum Gasteiger partial charge on any atom is -0.389 e. The molecule has 1 rings (SSSR count). The molecule has 0 radical (unpaired) electrons. The van der Waals surface area contributed by atoms with E-state index in [2.05, 4.69) is 19.2 Å². The lowest BCUT2D eigenvalue weighted by molar-refractivity contribution is -0.122. The smallest absolute Gasteiger partial charge is 0.242 e. The molecular formula is C16H25N3OS. The van der Waals surface area contributed by atoms with Gasteiger partial charge in [-0.2, -0.15) is 0 Å². The standard InChI is InChI=1S/C16H25N3OS/c1-11(2)8-9-18-16(20)12(3)19(4)14-7-5-6-13(10-14)15(17)21/h5-7,10-12H,8-9H2,1-4H3,(H2,17,21)(H,18,20). The van der Waals surface area contributed by atoms with Crippen LogP contribution in [-0.2, 0) is 4.79 Å². The summed E-state index contributed by atoms with van der Waals surface area (Å²) in [4.78, 5) is 14.4. The molecule has 116 valence electrons. The van der Waals surface area contributed by atoms with E-state index in [1.807, 2.05) is 43.1 Å². The van der Waals surface area contributed by atoms with E-state index in [0.717, 1.165) is 17.7 Å². The van der Waals surface area contributed by atoms with Gasteiger partial charge in [0.25, 0.3) is 0 Å². The first-order chi connectivity index (χ1) is 9.82. The van der Waals surface area contributed by atoms with E-state index in [0.29, 0.717) is 17.5 Å². The van der Waals surface area contributed by atoms with Gasteiger partial charge in [-0.1, -0.05) is 38.2 Å². The van der Waals surface area contributed by atoms with E-state index < -0.39 is 0 Å². The fraction of sp³-hybridized carbons (Fsp3) is 0.500. The molecule has 0 aromatic heterocycles. The Hall–Kier alpha value is -1.62. The molecule has 3 N–H and O–H groups in total. The van der Waals surface area contributed by atoms with Crippen LogP contribution in [0.25, 0.3) is 0 Å². The van der Waals surface area contributed by atoms with Gasteiger partial charge in [0.1, 0.15) is 11.0 Å². The van der Waals surface area contributed by atoms with Crippen molar-refractivity contribution >= 4 is 28.8 Å². The number of thiocarbonyl (C=S) groups is 1. The number of benzene rings is 1. The summed E-state index contributed by atoms with van der Waals surface area (Å²) in [5, 5.41) is 2.97. The largest absolute Gasteiger partial charge is 0.389 e. The van der Waals surface area contributed by atoms with Gasteiger partial charge in [-0.25, -0.2) is 0 Å². The summed E-state index contributed by atoms with van der Waals surface area (Å²) in [6.07, 6.45) is 0.985. The topological polar surface area (TPSA) is 58.4 Å². The zero-order valence-electron chi connectivity index (χ0n) is 13.2. The van der Waals surface area contributed by atoms with Gasteiger partial charge in [0.2, 0.25) is 5.91 Å². The highest BCUT2D eigenvalue weighted by atomic mass is 32.1. The number of carbonyl (C=O) groups excluding carboxylic acids is 1. The van der Waals surface area contributed by atoms with Crippen LogP contribution in [0.3, 0.4) is 0 Å². The molecule has 0 aliphatic carbocycles. The zero-order valence-corrected chi connectivity index (χ0v) is 14.0. The lowest BCUT2D eigenvalue weighted by Gasteiger charge is -2.26. The fourth-order valence-electron chi connectivity index (χ4n) is 1.91. The number of anilines is 1. The Morgan fingerprint density at radius 2 is 2.05 bits per heavy atom. The molecule has 1 amide bonds. The maximum atomic E-state index is 12.2. The lowest BCUT2D eigenvalue weighted by Crippen LogP contribution is -2.43. The molecule has 0 bridgehead atoms. The van der Waals surface area contributed by atoms with Crippen molar-refractivity contribution in [3.05, 3.63) is 29.8 Å². The van der Waals surface area contributed by atoms with Gasteiger partial charge in [0, 0.05) is 24.8 Å². The van der Waals surface area contributed by atoms with Crippen LogP contribution in [0.4, 0.5) is 5.69 Å². The van der Waals surface area contributed by atoms with Gasteiger partial charge in [-0.15, -0.1) is 0 Å².